The highest BCUT2D eigenvalue weighted by atomic mass is 16.1. The lowest BCUT2D eigenvalue weighted by Crippen LogP contribution is -2.01. The summed E-state index contributed by atoms with van der Waals surface area (Å²) in [6.45, 7) is 10.1. The number of hydrogen-bond donors (Lipinski definition) is 0. The van der Waals surface area contributed by atoms with E-state index in [0.29, 0.717) is 12.2 Å². The lowest BCUT2D eigenvalue weighted by atomic mass is 10.0. The molecule has 0 aromatic heterocycles. The molecule has 13 heavy (non-hydrogen) atoms. The molecule has 0 aliphatic heterocycles. The van der Waals surface area contributed by atoms with E-state index in [4.69, 9.17) is 0 Å². The van der Waals surface area contributed by atoms with Gasteiger partial charge < -0.3 is 0 Å². The monoisotopic (exact) mass is 184 g/mol. The Kier molecular flexibility index (Phi) is 13.1. The van der Waals surface area contributed by atoms with Crippen LogP contribution in [-0.2, 0) is 4.79 Å². The van der Waals surface area contributed by atoms with Crippen molar-refractivity contribution in [1.82, 2.24) is 0 Å². The lowest BCUT2D eigenvalue weighted by Gasteiger charge is -2.01. The van der Waals surface area contributed by atoms with Crippen LogP contribution in [0.5, 0.6) is 0 Å². The van der Waals surface area contributed by atoms with E-state index in [2.05, 4.69) is 6.92 Å². The van der Waals surface area contributed by atoms with Crippen molar-refractivity contribution in [3.8, 4) is 0 Å². The summed E-state index contributed by atoms with van der Waals surface area (Å²) in [5, 5.41) is 0. The predicted octanol–water partition coefficient (Wildman–Crippen LogP) is 4.13. The van der Waals surface area contributed by atoms with Gasteiger partial charge in [-0.25, -0.2) is 0 Å². The van der Waals surface area contributed by atoms with Crippen molar-refractivity contribution in [3.63, 3.8) is 0 Å². The van der Waals surface area contributed by atoms with Crippen molar-refractivity contribution in [2.45, 2.75) is 60.3 Å². The maximum atomic E-state index is 11.3. The summed E-state index contributed by atoms with van der Waals surface area (Å²) in [7, 11) is 0. The number of allylic oxidation sites excluding steroid dienone is 2. The summed E-state index contributed by atoms with van der Waals surface area (Å²) in [5.74, 6) is 0.330. The molecule has 0 radical (unpaired) electrons. The average molecular weight is 184 g/mol. The molecule has 1 heteroatoms. The van der Waals surface area contributed by atoms with Gasteiger partial charge in [0.15, 0.2) is 5.78 Å². The van der Waals surface area contributed by atoms with Crippen molar-refractivity contribution in [3.05, 3.63) is 11.6 Å². The molecule has 0 saturated carbocycles. The summed E-state index contributed by atoms with van der Waals surface area (Å²) < 4.78 is 0. The Labute approximate surface area is 83.2 Å². The first-order valence-corrected chi connectivity index (χ1v) is 5.44. The van der Waals surface area contributed by atoms with Crippen molar-refractivity contribution in [2.75, 3.05) is 0 Å². The maximum absolute atomic E-state index is 11.3. The van der Waals surface area contributed by atoms with Gasteiger partial charge in [-0.2, -0.15) is 0 Å². The first kappa shape index (κ1) is 14.9. The molecule has 0 spiro atoms. The van der Waals surface area contributed by atoms with Crippen molar-refractivity contribution in [2.24, 2.45) is 0 Å². The second-order valence-corrected chi connectivity index (χ2v) is 2.74. The largest absolute Gasteiger partial charge is 0.295 e. The average Bonchev–Trinajstić information content (AvgIpc) is 2.17. The number of Topliss-reactive ketones (excluding diaryl/α,β-unsaturated/α-hetero) is 1. The van der Waals surface area contributed by atoms with E-state index in [0.717, 1.165) is 24.8 Å². The predicted molar refractivity (Wildman–Crippen MR) is 59.9 cm³/mol. The van der Waals surface area contributed by atoms with Gasteiger partial charge in [-0.3, -0.25) is 4.79 Å². The molecule has 0 aromatic carbocycles. The molecule has 0 rings (SSSR count). The molecule has 0 aliphatic carbocycles. The third kappa shape index (κ3) is 7.76. The summed E-state index contributed by atoms with van der Waals surface area (Å²) in [4.78, 5) is 11.3. The fourth-order valence-electron chi connectivity index (χ4n) is 1.10. The van der Waals surface area contributed by atoms with Gasteiger partial charge in [-0.1, -0.05) is 40.2 Å². The third-order valence-electron chi connectivity index (χ3n) is 1.70. The van der Waals surface area contributed by atoms with Gasteiger partial charge in [0.05, 0.1) is 0 Å². The van der Waals surface area contributed by atoms with Crippen molar-refractivity contribution < 1.29 is 4.79 Å². The van der Waals surface area contributed by atoms with Crippen LogP contribution in [0.1, 0.15) is 60.3 Å². The zero-order chi connectivity index (χ0) is 10.7. The van der Waals surface area contributed by atoms with Gasteiger partial charge in [0.25, 0.3) is 0 Å². The molecule has 0 aliphatic rings. The van der Waals surface area contributed by atoms with Crippen LogP contribution >= 0.6 is 0 Å². The molecule has 0 heterocycles. The second kappa shape index (κ2) is 11.4. The van der Waals surface area contributed by atoms with E-state index < -0.39 is 0 Å². The Bertz CT molecular complexity index is 145. The molecule has 0 fully saturated rings. The van der Waals surface area contributed by atoms with E-state index in [-0.39, 0.29) is 0 Å². The van der Waals surface area contributed by atoms with Gasteiger partial charge in [-0.05, 0) is 25.3 Å². The molecule has 0 unspecified atom stereocenters. The van der Waals surface area contributed by atoms with Crippen LogP contribution in [0, 0.1) is 0 Å². The zero-order valence-electron chi connectivity index (χ0n) is 9.81. The number of ketones is 1. The SMILES string of the molecule is C/C=C(\CCC)C(=O)CCC.CC. The minimum absolute atomic E-state index is 0.330. The second-order valence-electron chi connectivity index (χ2n) is 2.74. The molecule has 0 amide bonds. The summed E-state index contributed by atoms with van der Waals surface area (Å²) in [6, 6.07) is 0. The molecule has 0 saturated heterocycles. The minimum atomic E-state index is 0.330. The van der Waals surface area contributed by atoms with Crippen LogP contribution in [0.3, 0.4) is 0 Å². The fraction of sp³-hybridized carbons (Fsp3) is 0.750. The normalized spacial score (nSPS) is 10.4. The van der Waals surface area contributed by atoms with Gasteiger partial charge in [0, 0.05) is 6.42 Å². The van der Waals surface area contributed by atoms with Crippen LogP contribution in [-0.4, -0.2) is 5.78 Å². The van der Waals surface area contributed by atoms with E-state index in [9.17, 15) is 4.79 Å². The van der Waals surface area contributed by atoms with Gasteiger partial charge in [-0.15, -0.1) is 0 Å². The Balaban J connectivity index is 0. The van der Waals surface area contributed by atoms with Gasteiger partial charge in [0.1, 0.15) is 0 Å². The minimum Gasteiger partial charge on any atom is -0.295 e. The van der Waals surface area contributed by atoms with Gasteiger partial charge in [0.2, 0.25) is 0 Å². The molecular formula is C12H24O. The molecule has 1 nitrogen and oxygen atoms in total. The molecular weight excluding hydrogens is 160 g/mol. The first-order valence-electron chi connectivity index (χ1n) is 5.44. The summed E-state index contributed by atoms with van der Waals surface area (Å²) >= 11 is 0. The molecule has 0 N–H and O–H groups in total. The van der Waals surface area contributed by atoms with Gasteiger partial charge >= 0.3 is 0 Å². The Hall–Kier alpha value is -0.590. The third-order valence-corrected chi connectivity index (χ3v) is 1.70. The molecule has 78 valence electrons. The quantitative estimate of drug-likeness (QED) is 0.587. The van der Waals surface area contributed by atoms with Crippen LogP contribution in [0.2, 0.25) is 0 Å². The van der Waals surface area contributed by atoms with E-state index in [1.807, 2.05) is 33.8 Å². The first-order chi connectivity index (χ1) is 6.26. The number of carbonyl (C=O) groups is 1. The number of hydrogen-bond acceptors (Lipinski definition) is 1. The maximum Gasteiger partial charge on any atom is 0.158 e. The lowest BCUT2D eigenvalue weighted by molar-refractivity contribution is -0.115. The van der Waals surface area contributed by atoms with Crippen LogP contribution in [0.4, 0.5) is 0 Å². The summed E-state index contributed by atoms with van der Waals surface area (Å²) in [5.41, 5.74) is 1.01. The van der Waals surface area contributed by atoms with E-state index in [1.165, 1.54) is 0 Å². The number of carbonyl (C=O) groups excluding carboxylic acids is 1. The fourth-order valence-corrected chi connectivity index (χ4v) is 1.10. The zero-order valence-corrected chi connectivity index (χ0v) is 9.81. The Morgan fingerprint density at radius 1 is 1.08 bits per heavy atom. The highest BCUT2D eigenvalue weighted by Gasteiger charge is 2.04. The van der Waals surface area contributed by atoms with E-state index in [1.54, 1.807) is 0 Å². The smallest absolute Gasteiger partial charge is 0.158 e. The van der Waals surface area contributed by atoms with Crippen molar-refractivity contribution >= 4 is 5.78 Å². The van der Waals surface area contributed by atoms with Crippen molar-refractivity contribution in [1.29, 1.82) is 0 Å². The molecule has 0 aromatic rings. The topological polar surface area (TPSA) is 17.1 Å². The number of rotatable bonds is 5. The molecule has 0 atom stereocenters. The summed E-state index contributed by atoms with van der Waals surface area (Å²) in [6.07, 6.45) is 5.62. The van der Waals surface area contributed by atoms with E-state index >= 15 is 0 Å². The highest BCUT2D eigenvalue weighted by Crippen LogP contribution is 2.09. The van der Waals surface area contributed by atoms with Crippen LogP contribution in [0.25, 0.3) is 0 Å². The Morgan fingerprint density at radius 2 is 1.54 bits per heavy atom. The van der Waals surface area contributed by atoms with Crippen LogP contribution in [0.15, 0.2) is 11.6 Å². The van der Waals surface area contributed by atoms with Crippen LogP contribution < -0.4 is 0 Å². The molecule has 0 bridgehead atoms. The Morgan fingerprint density at radius 3 is 1.85 bits per heavy atom. The standard InChI is InChI=1S/C10H18O.C2H6/c1-4-7-9(6-3)10(11)8-5-2;1-2/h6H,4-5,7-8H2,1-3H3;1-2H3/b9-6+;. The highest BCUT2D eigenvalue weighted by molar-refractivity contribution is 5.95.